The van der Waals surface area contributed by atoms with E-state index in [1.54, 1.807) is 6.07 Å². The third-order valence-electron chi connectivity index (χ3n) is 9.05. The third-order valence-corrected chi connectivity index (χ3v) is 9.05. The first-order valence-corrected chi connectivity index (χ1v) is 16.6. The van der Waals surface area contributed by atoms with Crippen molar-refractivity contribution in [1.29, 1.82) is 0 Å². The number of phenols is 1. The fraction of sp³-hybridized carbons (Fsp3) is 0.182. The van der Waals surface area contributed by atoms with Crippen molar-refractivity contribution in [3.63, 3.8) is 0 Å². The van der Waals surface area contributed by atoms with Crippen LogP contribution >= 0.6 is 0 Å². The molecule has 2 heterocycles. The predicted molar refractivity (Wildman–Crippen MR) is 200 cm³/mol. The van der Waals surface area contributed by atoms with E-state index in [1.165, 1.54) is 16.7 Å². The van der Waals surface area contributed by atoms with Gasteiger partial charge in [-0.1, -0.05) is 108 Å². The van der Waals surface area contributed by atoms with E-state index in [0.29, 0.717) is 11.4 Å². The molecule has 0 saturated heterocycles. The molecule has 48 heavy (non-hydrogen) atoms. The molecule has 1 N–H and O–H groups in total. The van der Waals surface area contributed by atoms with Gasteiger partial charge in [0.2, 0.25) is 0 Å². The van der Waals surface area contributed by atoms with E-state index in [4.69, 9.17) is 9.97 Å². The molecule has 4 heteroatoms. The molecule has 0 fully saturated rings. The number of para-hydroxylation sites is 3. The Morgan fingerprint density at radius 1 is 0.542 bits per heavy atom. The summed E-state index contributed by atoms with van der Waals surface area (Å²) in [5, 5.41) is 11.0. The lowest BCUT2D eigenvalue weighted by molar-refractivity contribution is 0.477. The number of imidazole rings is 1. The Morgan fingerprint density at radius 2 is 1.15 bits per heavy atom. The van der Waals surface area contributed by atoms with Crippen molar-refractivity contribution < 1.29 is 5.11 Å². The van der Waals surface area contributed by atoms with Gasteiger partial charge in [0, 0.05) is 23.0 Å². The fourth-order valence-corrected chi connectivity index (χ4v) is 6.31. The quantitative estimate of drug-likeness (QED) is 0.207. The number of rotatable bonds is 5. The maximum absolute atomic E-state index is 11.0. The summed E-state index contributed by atoms with van der Waals surface area (Å²) in [7, 11) is 0. The second-order valence-electron chi connectivity index (χ2n) is 14.6. The van der Waals surface area contributed by atoms with Crippen LogP contribution in [0.2, 0.25) is 0 Å². The standard InChI is InChI=1S/C44H41N3O/c1-43(2,3)33-26-30(27-34(28-33)44(4,5)6)29-23-31(25-32(24-29)38-19-12-13-22-45-38)36-18-14-20-39-41(36)46-42(37-17-10-11-21-40(37)48)47(39)35-15-8-7-9-16-35/h7-28,48H,1-6H3. The summed E-state index contributed by atoms with van der Waals surface area (Å²) < 4.78 is 2.14. The van der Waals surface area contributed by atoms with Crippen LogP contribution in [0.1, 0.15) is 52.7 Å². The highest BCUT2D eigenvalue weighted by Gasteiger charge is 2.23. The zero-order chi connectivity index (χ0) is 33.6. The molecule has 4 nitrogen and oxygen atoms in total. The van der Waals surface area contributed by atoms with E-state index >= 15 is 0 Å². The molecule has 0 aliphatic heterocycles. The van der Waals surface area contributed by atoms with E-state index in [0.717, 1.165) is 44.7 Å². The van der Waals surface area contributed by atoms with Gasteiger partial charge >= 0.3 is 0 Å². The molecule has 0 radical (unpaired) electrons. The predicted octanol–water partition coefficient (Wildman–Crippen LogP) is 11.4. The van der Waals surface area contributed by atoms with Crippen LogP contribution in [0.4, 0.5) is 0 Å². The monoisotopic (exact) mass is 627 g/mol. The van der Waals surface area contributed by atoms with Crippen molar-refractivity contribution >= 4 is 11.0 Å². The first-order valence-electron chi connectivity index (χ1n) is 16.6. The van der Waals surface area contributed by atoms with Crippen LogP contribution in [-0.4, -0.2) is 19.6 Å². The van der Waals surface area contributed by atoms with Gasteiger partial charge in [-0.15, -0.1) is 0 Å². The SMILES string of the molecule is CC(C)(C)c1cc(-c2cc(-c3ccccn3)cc(-c3cccc4c3nc(-c3ccccc3O)n4-c3ccccc3)c2)cc(C(C)(C)C)c1. The van der Waals surface area contributed by atoms with Gasteiger partial charge in [0.1, 0.15) is 11.6 Å². The van der Waals surface area contributed by atoms with Gasteiger partial charge in [-0.2, -0.15) is 0 Å². The number of hydrogen-bond acceptors (Lipinski definition) is 3. The van der Waals surface area contributed by atoms with Gasteiger partial charge in [-0.25, -0.2) is 4.98 Å². The van der Waals surface area contributed by atoms with Crippen LogP contribution in [0.25, 0.3) is 61.6 Å². The molecular formula is C44H41N3O. The lowest BCUT2D eigenvalue weighted by atomic mass is 9.78. The molecule has 0 aliphatic rings. The zero-order valence-corrected chi connectivity index (χ0v) is 28.5. The summed E-state index contributed by atoms with van der Waals surface area (Å²) in [6.45, 7) is 13.7. The van der Waals surface area contributed by atoms with Crippen molar-refractivity contribution in [2.45, 2.75) is 52.4 Å². The molecule has 7 aromatic rings. The number of phenolic OH excluding ortho intramolecular Hbond substituents is 1. The van der Waals surface area contributed by atoms with Crippen LogP contribution in [-0.2, 0) is 10.8 Å². The number of benzene rings is 5. The van der Waals surface area contributed by atoms with Gasteiger partial charge in [-0.05, 0) is 99.3 Å². The summed E-state index contributed by atoms with van der Waals surface area (Å²) in [5.41, 5.74) is 12.4. The first kappa shape index (κ1) is 31.1. The number of aromatic hydroxyl groups is 1. The van der Waals surface area contributed by atoms with Gasteiger partial charge < -0.3 is 5.11 Å². The highest BCUT2D eigenvalue weighted by Crippen LogP contribution is 2.41. The highest BCUT2D eigenvalue weighted by atomic mass is 16.3. The number of pyridine rings is 1. The van der Waals surface area contributed by atoms with E-state index in [2.05, 4.69) is 119 Å². The van der Waals surface area contributed by atoms with Crippen LogP contribution in [0.3, 0.4) is 0 Å². The normalized spacial score (nSPS) is 12.0. The van der Waals surface area contributed by atoms with Crippen LogP contribution in [0.5, 0.6) is 5.75 Å². The minimum atomic E-state index is -0.00724. The molecule has 238 valence electrons. The van der Waals surface area contributed by atoms with E-state index in [-0.39, 0.29) is 16.6 Å². The average molecular weight is 628 g/mol. The second-order valence-corrected chi connectivity index (χ2v) is 14.6. The second kappa shape index (κ2) is 12.0. The van der Waals surface area contributed by atoms with E-state index < -0.39 is 0 Å². The Kier molecular flexibility index (Phi) is 7.75. The van der Waals surface area contributed by atoms with Gasteiger partial charge in [-0.3, -0.25) is 9.55 Å². The van der Waals surface area contributed by atoms with Crippen molar-refractivity contribution in [3.8, 4) is 56.3 Å². The molecule has 0 atom stereocenters. The number of nitrogens with zero attached hydrogens (tertiary/aromatic N) is 3. The topological polar surface area (TPSA) is 50.9 Å². The first-order chi connectivity index (χ1) is 23.0. The van der Waals surface area contributed by atoms with Crippen molar-refractivity contribution in [2.24, 2.45) is 0 Å². The van der Waals surface area contributed by atoms with Crippen LogP contribution in [0.15, 0.2) is 134 Å². The molecule has 7 rings (SSSR count). The molecule has 0 unspecified atom stereocenters. The summed E-state index contributed by atoms with van der Waals surface area (Å²) in [5.74, 6) is 0.884. The number of fused-ring (bicyclic) bond motifs is 1. The van der Waals surface area contributed by atoms with Crippen molar-refractivity contribution in [1.82, 2.24) is 14.5 Å². The van der Waals surface area contributed by atoms with Gasteiger partial charge in [0.15, 0.2) is 0 Å². The minimum absolute atomic E-state index is 0.00724. The Morgan fingerprint density at radius 3 is 1.81 bits per heavy atom. The van der Waals surface area contributed by atoms with E-state index in [9.17, 15) is 5.11 Å². The van der Waals surface area contributed by atoms with E-state index in [1.807, 2.05) is 54.7 Å². The number of hydrogen-bond donors (Lipinski definition) is 1. The maximum atomic E-state index is 11.0. The van der Waals surface area contributed by atoms with Crippen molar-refractivity contribution in [2.75, 3.05) is 0 Å². The van der Waals surface area contributed by atoms with Crippen LogP contribution in [0, 0.1) is 0 Å². The maximum Gasteiger partial charge on any atom is 0.149 e. The largest absolute Gasteiger partial charge is 0.507 e. The lowest BCUT2D eigenvalue weighted by Crippen LogP contribution is -2.16. The average Bonchev–Trinajstić information content (AvgIpc) is 3.48. The molecule has 0 spiro atoms. The molecule has 5 aromatic carbocycles. The van der Waals surface area contributed by atoms with Gasteiger partial charge in [0.25, 0.3) is 0 Å². The molecule has 0 aliphatic carbocycles. The molecule has 2 aromatic heterocycles. The Labute approximate surface area is 283 Å². The Bertz CT molecular complexity index is 2220. The highest BCUT2D eigenvalue weighted by molar-refractivity contribution is 5.97. The van der Waals surface area contributed by atoms with Crippen molar-refractivity contribution in [3.05, 3.63) is 145 Å². The Hall–Kier alpha value is -5.48. The zero-order valence-electron chi connectivity index (χ0n) is 28.5. The summed E-state index contributed by atoms with van der Waals surface area (Å²) in [4.78, 5) is 10.0. The molecule has 0 bridgehead atoms. The third kappa shape index (κ3) is 5.91. The molecular weight excluding hydrogens is 587 g/mol. The lowest BCUT2D eigenvalue weighted by Gasteiger charge is -2.26. The molecule has 0 saturated carbocycles. The summed E-state index contributed by atoms with van der Waals surface area (Å²) in [6, 6.07) is 43.9. The fourth-order valence-electron chi connectivity index (χ4n) is 6.31. The minimum Gasteiger partial charge on any atom is -0.507 e. The summed E-state index contributed by atoms with van der Waals surface area (Å²) >= 11 is 0. The van der Waals surface area contributed by atoms with Crippen LogP contribution < -0.4 is 0 Å². The molecule has 0 amide bonds. The smallest absolute Gasteiger partial charge is 0.149 e. The number of aromatic nitrogens is 3. The Balaban J connectivity index is 1.52. The van der Waals surface area contributed by atoms with Gasteiger partial charge in [0.05, 0.1) is 22.3 Å². The summed E-state index contributed by atoms with van der Waals surface area (Å²) in [6.07, 6.45) is 1.85.